The van der Waals surface area contributed by atoms with E-state index in [9.17, 15) is 13.2 Å². The van der Waals surface area contributed by atoms with E-state index >= 15 is 0 Å². The van der Waals surface area contributed by atoms with Crippen molar-refractivity contribution in [2.45, 2.75) is 25.8 Å². The van der Waals surface area contributed by atoms with E-state index in [1.54, 1.807) is 24.3 Å². The summed E-state index contributed by atoms with van der Waals surface area (Å²) in [6.45, 7) is 1.09. The van der Waals surface area contributed by atoms with Gasteiger partial charge in [0, 0.05) is 18.8 Å². The molecule has 0 unspecified atom stereocenters. The number of rotatable bonds is 6. The average Bonchev–Trinajstić information content (AvgIpc) is 2.52. The van der Waals surface area contributed by atoms with Crippen LogP contribution in [0.5, 0.6) is 0 Å². The van der Waals surface area contributed by atoms with Gasteiger partial charge in [0.05, 0.1) is 6.26 Å². The van der Waals surface area contributed by atoms with Crippen molar-refractivity contribution in [2.24, 2.45) is 5.92 Å². The molecule has 1 aliphatic rings. The van der Waals surface area contributed by atoms with Gasteiger partial charge in [0.15, 0.2) is 0 Å². The number of hydrogen-bond donors (Lipinski definition) is 3. The Labute approximate surface area is 137 Å². The summed E-state index contributed by atoms with van der Waals surface area (Å²) in [4.78, 5) is 11.8. The largest absolute Gasteiger partial charge is 0.338 e. The standard InChI is InChI=1S/C16H23N3O3S/c1-23(21,22)19-15-9-7-14(8-10-15)12-18-16(20)17-11-13-5-3-2-4-6-13/h2-3,7-10,13,19H,4-6,11-12H2,1H3,(H2,17,18,20)/t13-/m1/s1. The van der Waals surface area contributed by atoms with Crippen LogP contribution in [-0.4, -0.2) is 27.2 Å². The highest BCUT2D eigenvalue weighted by atomic mass is 32.2. The Morgan fingerprint density at radius 3 is 2.52 bits per heavy atom. The summed E-state index contributed by atoms with van der Waals surface area (Å²) in [7, 11) is -3.27. The van der Waals surface area contributed by atoms with E-state index in [0.717, 1.165) is 31.1 Å². The zero-order valence-corrected chi connectivity index (χ0v) is 14.0. The number of nitrogens with one attached hydrogen (secondary N) is 3. The lowest BCUT2D eigenvalue weighted by molar-refractivity contribution is 0.238. The number of carbonyl (C=O) groups is 1. The van der Waals surface area contributed by atoms with Crippen molar-refractivity contribution in [3.8, 4) is 0 Å². The van der Waals surface area contributed by atoms with Crippen LogP contribution >= 0.6 is 0 Å². The van der Waals surface area contributed by atoms with Crippen molar-refractivity contribution in [3.05, 3.63) is 42.0 Å². The van der Waals surface area contributed by atoms with E-state index in [4.69, 9.17) is 0 Å². The van der Waals surface area contributed by atoms with E-state index in [0.29, 0.717) is 24.7 Å². The smallest absolute Gasteiger partial charge is 0.315 e. The molecule has 6 nitrogen and oxygen atoms in total. The summed E-state index contributed by atoms with van der Waals surface area (Å²) < 4.78 is 24.6. The molecule has 3 N–H and O–H groups in total. The molecule has 0 saturated carbocycles. The topological polar surface area (TPSA) is 87.3 Å². The van der Waals surface area contributed by atoms with E-state index < -0.39 is 10.0 Å². The van der Waals surface area contributed by atoms with Crippen molar-refractivity contribution in [1.29, 1.82) is 0 Å². The monoisotopic (exact) mass is 337 g/mol. The molecule has 2 amide bonds. The quantitative estimate of drug-likeness (QED) is 0.696. The maximum Gasteiger partial charge on any atom is 0.315 e. The van der Waals surface area contributed by atoms with Gasteiger partial charge in [-0.1, -0.05) is 24.3 Å². The third-order valence-electron chi connectivity index (χ3n) is 3.64. The number of carbonyl (C=O) groups excluding carboxylic acids is 1. The Kier molecular flexibility index (Phi) is 6.04. The summed E-state index contributed by atoms with van der Waals surface area (Å²) in [5.74, 6) is 0.520. The zero-order valence-electron chi connectivity index (χ0n) is 13.2. The van der Waals surface area contributed by atoms with Crippen LogP contribution < -0.4 is 15.4 Å². The minimum atomic E-state index is -3.27. The molecule has 23 heavy (non-hydrogen) atoms. The molecule has 126 valence electrons. The number of amides is 2. The Hall–Kier alpha value is -2.02. The lowest BCUT2D eigenvalue weighted by atomic mass is 9.94. The molecule has 1 aromatic rings. The number of anilines is 1. The fraction of sp³-hybridized carbons (Fsp3) is 0.438. The van der Waals surface area contributed by atoms with Crippen molar-refractivity contribution >= 4 is 21.7 Å². The molecule has 7 heteroatoms. The Morgan fingerprint density at radius 1 is 1.17 bits per heavy atom. The van der Waals surface area contributed by atoms with E-state index in [1.807, 2.05) is 0 Å². The van der Waals surface area contributed by atoms with Gasteiger partial charge in [0.25, 0.3) is 0 Å². The molecule has 1 atom stereocenters. The molecule has 0 spiro atoms. The van der Waals surface area contributed by atoms with Crippen molar-refractivity contribution in [3.63, 3.8) is 0 Å². The van der Waals surface area contributed by atoms with Gasteiger partial charge in [-0.15, -0.1) is 0 Å². The fourth-order valence-electron chi connectivity index (χ4n) is 2.43. The highest BCUT2D eigenvalue weighted by Crippen LogP contribution is 2.16. The third kappa shape index (κ3) is 6.73. The van der Waals surface area contributed by atoms with Crippen molar-refractivity contribution in [1.82, 2.24) is 10.6 Å². The average molecular weight is 337 g/mol. The third-order valence-corrected chi connectivity index (χ3v) is 4.25. The van der Waals surface area contributed by atoms with Gasteiger partial charge in [-0.05, 0) is 42.9 Å². The molecule has 0 aromatic heterocycles. The normalized spacial score (nSPS) is 17.5. The summed E-state index contributed by atoms with van der Waals surface area (Å²) >= 11 is 0. The number of sulfonamides is 1. The van der Waals surface area contributed by atoms with Gasteiger partial charge in [-0.2, -0.15) is 0 Å². The molecule has 0 heterocycles. The minimum Gasteiger partial charge on any atom is -0.338 e. The number of allylic oxidation sites excluding steroid dienone is 2. The maximum atomic E-state index is 11.8. The van der Waals surface area contributed by atoms with Crippen LogP contribution in [0.25, 0.3) is 0 Å². The van der Waals surface area contributed by atoms with Gasteiger partial charge in [-0.25, -0.2) is 13.2 Å². The fourth-order valence-corrected chi connectivity index (χ4v) is 2.99. The predicted octanol–water partition coefficient (Wildman–Crippen LogP) is 2.21. The molecular formula is C16H23N3O3S. The van der Waals surface area contributed by atoms with E-state index in [-0.39, 0.29) is 6.03 Å². The number of urea groups is 1. The molecule has 0 radical (unpaired) electrons. The van der Waals surface area contributed by atoms with Gasteiger partial charge in [0.2, 0.25) is 10.0 Å². The van der Waals surface area contributed by atoms with Crippen molar-refractivity contribution in [2.75, 3.05) is 17.5 Å². The first-order valence-electron chi connectivity index (χ1n) is 7.66. The molecule has 0 fully saturated rings. The van der Waals surface area contributed by atoms with Crippen LogP contribution in [0.3, 0.4) is 0 Å². The van der Waals surface area contributed by atoms with E-state index in [2.05, 4.69) is 27.5 Å². The van der Waals surface area contributed by atoms with Gasteiger partial charge in [-0.3, -0.25) is 4.72 Å². The number of benzene rings is 1. The van der Waals surface area contributed by atoms with Crippen LogP contribution in [0.2, 0.25) is 0 Å². The lowest BCUT2D eigenvalue weighted by Crippen LogP contribution is -2.38. The van der Waals surface area contributed by atoms with Crippen LogP contribution in [0, 0.1) is 5.92 Å². The van der Waals surface area contributed by atoms with Gasteiger partial charge < -0.3 is 10.6 Å². The highest BCUT2D eigenvalue weighted by molar-refractivity contribution is 7.92. The molecule has 1 aliphatic carbocycles. The van der Waals surface area contributed by atoms with Crippen LogP contribution in [0.4, 0.5) is 10.5 Å². The lowest BCUT2D eigenvalue weighted by Gasteiger charge is -2.18. The van der Waals surface area contributed by atoms with Gasteiger partial charge >= 0.3 is 6.03 Å². The summed E-state index contributed by atoms with van der Waals surface area (Å²) in [5, 5.41) is 5.69. The Morgan fingerprint density at radius 2 is 1.91 bits per heavy atom. The maximum absolute atomic E-state index is 11.8. The molecule has 0 saturated heterocycles. The minimum absolute atomic E-state index is 0.183. The Balaban J connectivity index is 1.72. The highest BCUT2D eigenvalue weighted by Gasteiger charge is 2.11. The van der Waals surface area contributed by atoms with Crippen LogP contribution in [-0.2, 0) is 16.6 Å². The molecule has 0 aliphatic heterocycles. The molecule has 2 rings (SSSR count). The first-order valence-corrected chi connectivity index (χ1v) is 9.55. The number of hydrogen-bond acceptors (Lipinski definition) is 3. The van der Waals surface area contributed by atoms with Crippen LogP contribution in [0.15, 0.2) is 36.4 Å². The molecule has 1 aromatic carbocycles. The van der Waals surface area contributed by atoms with Crippen LogP contribution in [0.1, 0.15) is 24.8 Å². The van der Waals surface area contributed by atoms with Gasteiger partial charge in [0.1, 0.15) is 0 Å². The summed E-state index contributed by atoms with van der Waals surface area (Å²) in [5.41, 5.74) is 1.41. The van der Waals surface area contributed by atoms with Crippen molar-refractivity contribution < 1.29 is 13.2 Å². The summed E-state index contributed by atoms with van der Waals surface area (Å²) in [6, 6.07) is 6.71. The first-order chi connectivity index (χ1) is 10.9. The molecule has 0 bridgehead atoms. The van der Waals surface area contributed by atoms with E-state index in [1.165, 1.54) is 0 Å². The predicted molar refractivity (Wildman–Crippen MR) is 91.6 cm³/mol. The second-order valence-corrected chi connectivity index (χ2v) is 7.53. The Bertz CT molecular complexity index is 654. The summed E-state index contributed by atoms with van der Waals surface area (Å²) in [6.07, 6.45) is 8.68. The second-order valence-electron chi connectivity index (χ2n) is 5.79. The molecular weight excluding hydrogens is 314 g/mol. The zero-order chi connectivity index (χ0) is 16.7. The SMILES string of the molecule is CS(=O)(=O)Nc1ccc(CNC(=O)NC[C@@H]2CC=CCC2)cc1. The first kappa shape index (κ1) is 17.3. The second kappa shape index (κ2) is 8.01.